The van der Waals surface area contributed by atoms with Gasteiger partial charge in [0.25, 0.3) is 0 Å². The third-order valence-corrected chi connectivity index (χ3v) is 5.41. The maximum Gasteiger partial charge on any atom is 0.243 e. The molecule has 0 aliphatic carbocycles. The minimum Gasteiger partial charge on any atom is -0.491 e. The molecule has 0 atom stereocenters. The molecule has 1 N–H and O–H groups in total. The van der Waals surface area contributed by atoms with Gasteiger partial charge in [-0.3, -0.25) is 4.79 Å². The van der Waals surface area contributed by atoms with Crippen molar-refractivity contribution in [2.24, 2.45) is 0 Å². The molecule has 0 radical (unpaired) electrons. The van der Waals surface area contributed by atoms with E-state index >= 15 is 0 Å². The molecule has 0 fully saturated rings. The van der Waals surface area contributed by atoms with E-state index in [9.17, 15) is 4.79 Å². The number of aryl methyl sites for hydroxylation is 2. The van der Waals surface area contributed by atoms with Crippen LogP contribution in [-0.4, -0.2) is 25.6 Å². The summed E-state index contributed by atoms with van der Waals surface area (Å²) in [5.41, 5.74) is 4.53. The Bertz CT molecular complexity index is 972. The quantitative estimate of drug-likeness (QED) is 0.536. The SMILES string of the molecule is O=C(CN1CCCc2ccccc21)Nc1ccccc1OCCCc1ccccc1. The average Bonchev–Trinajstić information content (AvgIpc) is 2.79. The molecule has 4 nitrogen and oxygen atoms in total. The summed E-state index contributed by atoms with van der Waals surface area (Å²) >= 11 is 0. The summed E-state index contributed by atoms with van der Waals surface area (Å²) in [6.45, 7) is 1.86. The fourth-order valence-corrected chi connectivity index (χ4v) is 3.94. The highest BCUT2D eigenvalue weighted by Gasteiger charge is 2.19. The number of amides is 1. The molecule has 0 aromatic heterocycles. The second kappa shape index (κ2) is 9.97. The Morgan fingerprint density at radius 3 is 2.60 bits per heavy atom. The maximum absolute atomic E-state index is 12.7. The van der Waals surface area contributed by atoms with E-state index in [4.69, 9.17) is 4.74 Å². The lowest BCUT2D eigenvalue weighted by molar-refractivity contribution is -0.115. The van der Waals surface area contributed by atoms with E-state index in [1.54, 1.807) is 0 Å². The molecule has 1 heterocycles. The van der Waals surface area contributed by atoms with Crippen molar-refractivity contribution in [1.29, 1.82) is 0 Å². The molecule has 0 spiro atoms. The van der Waals surface area contributed by atoms with Gasteiger partial charge in [0.15, 0.2) is 0 Å². The van der Waals surface area contributed by atoms with Crippen LogP contribution in [0.1, 0.15) is 24.0 Å². The zero-order valence-electron chi connectivity index (χ0n) is 17.2. The molecule has 0 saturated carbocycles. The number of anilines is 2. The molecule has 1 aliphatic rings. The minimum atomic E-state index is -0.0213. The van der Waals surface area contributed by atoms with Crippen LogP contribution in [0.2, 0.25) is 0 Å². The van der Waals surface area contributed by atoms with Gasteiger partial charge >= 0.3 is 0 Å². The number of rotatable bonds is 8. The van der Waals surface area contributed by atoms with Crippen molar-refractivity contribution < 1.29 is 9.53 Å². The first-order valence-corrected chi connectivity index (χ1v) is 10.7. The molecule has 0 bridgehead atoms. The first-order chi connectivity index (χ1) is 14.8. The standard InChI is InChI=1S/C26H28N2O2/c29-26(20-28-18-8-14-22-13-4-6-16-24(22)28)27-23-15-5-7-17-25(23)30-19-9-12-21-10-2-1-3-11-21/h1-7,10-11,13,15-17H,8-9,12,14,18-20H2,(H,27,29). The monoisotopic (exact) mass is 400 g/mol. The van der Waals surface area contributed by atoms with Crippen LogP contribution in [-0.2, 0) is 17.6 Å². The molecular formula is C26H28N2O2. The molecule has 154 valence electrons. The van der Waals surface area contributed by atoms with Crippen molar-refractivity contribution >= 4 is 17.3 Å². The number of ether oxygens (including phenoxy) is 1. The summed E-state index contributed by atoms with van der Waals surface area (Å²) in [5, 5.41) is 3.04. The van der Waals surface area contributed by atoms with Crippen LogP contribution in [0.15, 0.2) is 78.9 Å². The number of para-hydroxylation sites is 3. The highest BCUT2D eigenvalue weighted by molar-refractivity contribution is 5.95. The van der Waals surface area contributed by atoms with Gasteiger partial charge in [-0.05, 0) is 55.0 Å². The third-order valence-electron chi connectivity index (χ3n) is 5.41. The lowest BCUT2D eigenvalue weighted by Gasteiger charge is -2.30. The highest BCUT2D eigenvalue weighted by Crippen LogP contribution is 2.27. The molecular weight excluding hydrogens is 372 g/mol. The molecule has 4 heteroatoms. The summed E-state index contributed by atoms with van der Waals surface area (Å²) < 4.78 is 5.98. The Morgan fingerprint density at radius 2 is 1.70 bits per heavy atom. The molecule has 3 aromatic rings. The van der Waals surface area contributed by atoms with Crippen LogP contribution in [0.3, 0.4) is 0 Å². The highest BCUT2D eigenvalue weighted by atomic mass is 16.5. The number of carbonyl (C=O) groups excluding carboxylic acids is 1. The Labute approximate surface area is 178 Å². The number of hydrogen-bond acceptors (Lipinski definition) is 3. The van der Waals surface area contributed by atoms with E-state index in [0.29, 0.717) is 13.2 Å². The number of benzene rings is 3. The summed E-state index contributed by atoms with van der Waals surface area (Å²) in [7, 11) is 0. The molecule has 0 unspecified atom stereocenters. The lowest BCUT2D eigenvalue weighted by atomic mass is 10.0. The molecule has 3 aromatic carbocycles. The lowest BCUT2D eigenvalue weighted by Crippen LogP contribution is -2.36. The Morgan fingerprint density at radius 1 is 0.933 bits per heavy atom. The second-order valence-corrected chi connectivity index (χ2v) is 7.64. The van der Waals surface area contributed by atoms with Crippen molar-refractivity contribution in [3.8, 4) is 5.75 Å². The van der Waals surface area contributed by atoms with E-state index in [-0.39, 0.29) is 5.91 Å². The molecule has 0 saturated heterocycles. The molecule has 1 amide bonds. The third kappa shape index (κ3) is 5.20. The minimum absolute atomic E-state index is 0.0213. The Kier molecular flexibility index (Phi) is 6.65. The van der Waals surface area contributed by atoms with Gasteiger partial charge in [-0.25, -0.2) is 0 Å². The zero-order chi connectivity index (χ0) is 20.6. The van der Waals surface area contributed by atoms with Crippen LogP contribution >= 0.6 is 0 Å². The van der Waals surface area contributed by atoms with Crippen molar-refractivity contribution in [2.45, 2.75) is 25.7 Å². The number of fused-ring (bicyclic) bond motifs is 1. The number of hydrogen-bond donors (Lipinski definition) is 1. The second-order valence-electron chi connectivity index (χ2n) is 7.64. The van der Waals surface area contributed by atoms with Gasteiger partial charge in [0.1, 0.15) is 5.75 Å². The van der Waals surface area contributed by atoms with Crippen LogP contribution < -0.4 is 15.0 Å². The van der Waals surface area contributed by atoms with Crippen LogP contribution in [0.5, 0.6) is 5.75 Å². The van der Waals surface area contributed by atoms with Crippen molar-refractivity contribution in [1.82, 2.24) is 0 Å². The van der Waals surface area contributed by atoms with Gasteiger partial charge in [0.05, 0.1) is 18.8 Å². The molecule has 1 aliphatic heterocycles. The van der Waals surface area contributed by atoms with E-state index < -0.39 is 0 Å². The first-order valence-electron chi connectivity index (χ1n) is 10.7. The van der Waals surface area contributed by atoms with E-state index in [0.717, 1.165) is 43.7 Å². The molecule has 4 rings (SSSR count). The largest absolute Gasteiger partial charge is 0.491 e. The van der Waals surface area contributed by atoms with Crippen molar-refractivity contribution in [2.75, 3.05) is 29.9 Å². The molecule has 30 heavy (non-hydrogen) atoms. The maximum atomic E-state index is 12.7. The zero-order valence-corrected chi connectivity index (χ0v) is 17.2. The summed E-state index contributed by atoms with van der Waals surface area (Å²) in [5.74, 6) is 0.699. The van der Waals surface area contributed by atoms with E-state index in [2.05, 4.69) is 52.7 Å². The van der Waals surface area contributed by atoms with Crippen LogP contribution in [0, 0.1) is 0 Å². The first kappa shape index (κ1) is 20.0. The van der Waals surface area contributed by atoms with Gasteiger partial charge in [0.2, 0.25) is 5.91 Å². The van der Waals surface area contributed by atoms with Crippen molar-refractivity contribution in [3.63, 3.8) is 0 Å². The Balaban J connectivity index is 1.32. The van der Waals surface area contributed by atoms with E-state index in [1.165, 1.54) is 16.8 Å². The van der Waals surface area contributed by atoms with Gasteiger partial charge < -0.3 is 15.0 Å². The van der Waals surface area contributed by atoms with Gasteiger partial charge in [-0.15, -0.1) is 0 Å². The normalized spacial score (nSPS) is 12.9. The predicted octanol–water partition coefficient (Wildman–Crippen LogP) is 5.09. The summed E-state index contributed by atoms with van der Waals surface area (Å²) in [6, 6.07) is 26.4. The van der Waals surface area contributed by atoms with Crippen LogP contribution in [0.25, 0.3) is 0 Å². The van der Waals surface area contributed by atoms with Gasteiger partial charge in [-0.2, -0.15) is 0 Å². The van der Waals surface area contributed by atoms with Gasteiger partial charge in [-0.1, -0.05) is 60.7 Å². The smallest absolute Gasteiger partial charge is 0.243 e. The number of nitrogens with zero attached hydrogens (tertiary/aromatic N) is 1. The van der Waals surface area contributed by atoms with Crippen LogP contribution in [0.4, 0.5) is 11.4 Å². The topological polar surface area (TPSA) is 41.6 Å². The predicted molar refractivity (Wildman–Crippen MR) is 122 cm³/mol. The number of nitrogens with one attached hydrogen (secondary N) is 1. The Hall–Kier alpha value is -3.27. The summed E-state index contributed by atoms with van der Waals surface area (Å²) in [6.07, 6.45) is 4.06. The van der Waals surface area contributed by atoms with Gasteiger partial charge in [0, 0.05) is 12.2 Å². The summed E-state index contributed by atoms with van der Waals surface area (Å²) in [4.78, 5) is 14.9. The fourth-order valence-electron chi connectivity index (χ4n) is 3.94. The van der Waals surface area contributed by atoms with Crippen molar-refractivity contribution in [3.05, 3.63) is 90.0 Å². The average molecular weight is 401 g/mol. The van der Waals surface area contributed by atoms with E-state index in [1.807, 2.05) is 36.4 Å². The number of carbonyl (C=O) groups is 1. The fraction of sp³-hybridized carbons (Fsp3) is 0.269.